The largest absolute Gasteiger partial charge is 0.323 e. The minimum atomic E-state index is -3.80. The van der Waals surface area contributed by atoms with Crippen molar-refractivity contribution in [3.05, 3.63) is 62.7 Å². The fraction of sp³-hybridized carbons (Fsp3) is 0.316. The quantitative estimate of drug-likeness (QED) is 0.517. The van der Waals surface area contributed by atoms with Gasteiger partial charge < -0.3 is 5.32 Å². The molecule has 0 spiro atoms. The number of nitrogens with zero attached hydrogens (tertiary/aromatic N) is 2. The second-order valence-corrected chi connectivity index (χ2v) is 8.93. The third kappa shape index (κ3) is 5.24. The summed E-state index contributed by atoms with van der Waals surface area (Å²) in [6.07, 6.45) is 1.21. The fourth-order valence-corrected chi connectivity index (χ4v) is 4.23. The second kappa shape index (κ2) is 8.79. The molecule has 1 amide bonds. The molecular formula is C19H22ClN3O5S. The molecule has 2 aromatic rings. The van der Waals surface area contributed by atoms with Gasteiger partial charge in [0.15, 0.2) is 0 Å². The van der Waals surface area contributed by atoms with E-state index in [4.69, 9.17) is 11.6 Å². The van der Waals surface area contributed by atoms with Crippen molar-refractivity contribution in [3.63, 3.8) is 0 Å². The normalized spacial score (nSPS) is 12.3. The highest BCUT2D eigenvalue weighted by Crippen LogP contribution is 2.29. The first-order valence-electron chi connectivity index (χ1n) is 8.77. The first kappa shape index (κ1) is 22.6. The van der Waals surface area contributed by atoms with Gasteiger partial charge in [0.25, 0.3) is 5.69 Å². The number of benzene rings is 2. The number of rotatable bonds is 7. The smallest absolute Gasteiger partial charge is 0.271 e. The van der Waals surface area contributed by atoms with Crippen LogP contribution >= 0.6 is 11.6 Å². The predicted molar refractivity (Wildman–Crippen MR) is 114 cm³/mol. The standard InChI is InChI=1S/C19H22ClN3O5S/c1-5-18(19(24)21-17-11-15(23(25)26)8-9-16(17)20)22(29(4,27)28)14-7-6-12(2)13(3)10-14/h6-11,18H,5H2,1-4H3,(H,21,24)/t18-/m0/s1. The summed E-state index contributed by atoms with van der Waals surface area (Å²) in [5.41, 5.74) is 2.03. The Balaban J connectivity index is 2.45. The minimum absolute atomic E-state index is 0.0397. The Morgan fingerprint density at radius 2 is 1.86 bits per heavy atom. The van der Waals surface area contributed by atoms with Crippen molar-refractivity contribution >= 4 is 44.6 Å². The van der Waals surface area contributed by atoms with Crippen LogP contribution in [0.25, 0.3) is 0 Å². The summed E-state index contributed by atoms with van der Waals surface area (Å²) in [5, 5.41) is 13.6. The van der Waals surface area contributed by atoms with Gasteiger partial charge in [-0.15, -0.1) is 0 Å². The molecule has 2 aromatic carbocycles. The van der Waals surface area contributed by atoms with Crippen molar-refractivity contribution in [3.8, 4) is 0 Å². The van der Waals surface area contributed by atoms with E-state index in [0.29, 0.717) is 5.69 Å². The molecule has 8 nitrogen and oxygen atoms in total. The van der Waals surface area contributed by atoms with Crippen molar-refractivity contribution in [2.75, 3.05) is 15.9 Å². The number of aryl methyl sites for hydroxylation is 2. The van der Waals surface area contributed by atoms with Crippen LogP contribution in [0, 0.1) is 24.0 Å². The van der Waals surface area contributed by atoms with Gasteiger partial charge in [-0.3, -0.25) is 19.2 Å². The Bertz CT molecular complexity index is 1060. The van der Waals surface area contributed by atoms with Crippen LogP contribution in [0.2, 0.25) is 5.02 Å². The Morgan fingerprint density at radius 3 is 2.38 bits per heavy atom. The lowest BCUT2D eigenvalue weighted by molar-refractivity contribution is -0.384. The molecule has 0 aliphatic rings. The van der Waals surface area contributed by atoms with E-state index in [1.54, 1.807) is 25.1 Å². The maximum Gasteiger partial charge on any atom is 0.271 e. The van der Waals surface area contributed by atoms with Gasteiger partial charge in [0.2, 0.25) is 15.9 Å². The molecule has 0 saturated carbocycles. The molecule has 0 bridgehead atoms. The molecule has 10 heteroatoms. The maximum absolute atomic E-state index is 12.9. The maximum atomic E-state index is 12.9. The number of amides is 1. The highest BCUT2D eigenvalue weighted by atomic mass is 35.5. The van der Waals surface area contributed by atoms with E-state index in [2.05, 4.69) is 5.32 Å². The topological polar surface area (TPSA) is 110 Å². The third-order valence-electron chi connectivity index (χ3n) is 4.49. The number of hydrogen-bond acceptors (Lipinski definition) is 5. The zero-order chi connectivity index (χ0) is 21.9. The summed E-state index contributed by atoms with van der Waals surface area (Å²) in [5.74, 6) is -0.640. The summed E-state index contributed by atoms with van der Waals surface area (Å²) >= 11 is 6.05. The Labute approximate surface area is 174 Å². The van der Waals surface area contributed by atoms with Gasteiger partial charge in [-0.05, 0) is 49.6 Å². The minimum Gasteiger partial charge on any atom is -0.323 e. The average Bonchev–Trinajstić information content (AvgIpc) is 2.62. The molecular weight excluding hydrogens is 418 g/mol. The van der Waals surface area contributed by atoms with E-state index in [1.807, 2.05) is 13.8 Å². The number of nitro benzene ring substituents is 1. The van der Waals surface area contributed by atoms with E-state index in [0.717, 1.165) is 27.8 Å². The van der Waals surface area contributed by atoms with E-state index >= 15 is 0 Å². The molecule has 0 aliphatic heterocycles. The summed E-state index contributed by atoms with van der Waals surface area (Å²) < 4.78 is 26.1. The summed E-state index contributed by atoms with van der Waals surface area (Å²) in [4.78, 5) is 23.3. The molecule has 0 fully saturated rings. The van der Waals surface area contributed by atoms with E-state index in [-0.39, 0.29) is 22.8 Å². The Hall–Kier alpha value is -2.65. The van der Waals surface area contributed by atoms with Gasteiger partial charge in [-0.25, -0.2) is 8.42 Å². The Kier molecular flexibility index (Phi) is 6.86. The van der Waals surface area contributed by atoms with Crippen LogP contribution in [0.15, 0.2) is 36.4 Å². The highest BCUT2D eigenvalue weighted by Gasteiger charge is 2.32. The summed E-state index contributed by atoms with van der Waals surface area (Å²) in [6, 6.07) is 7.70. The van der Waals surface area contributed by atoms with Gasteiger partial charge in [0.05, 0.1) is 27.6 Å². The van der Waals surface area contributed by atoms with Gasteiger partial charge in [0.1, 0.15) is 6.04 Å². The molecule has 1 atom stereocenters. The summed E-state index contributed by atoms with van der Waals surface area (Å²) in [7, 11) is -3.80. The van der Waals surface area contributed by atoms with Gasteiger partial charge in [-0.2, -0.15) is 0 Å². The number of non-ortho nitro benzene ring substituents is 1. The average molecular weight is 440 g/mol. The van der Waals surface area contributed by atoms with Crippen molar-refractivity contribution in [1.82, 2.24) is 0 Å². The summed E-state index contributed by atoms with van der Waals surface area (Å²) in [6.45, 7) is 5.43. The van der Waals surface area contributed by atoms with Crippen molar-refractivity contribution in [1.29, 1.82) is 0 Å². The number of sulfonamides is 1. The molecule has 0 saturated heterocycles. The van der Waals surface area contributed by atoms with E-state index in [1.165, 1.54) is 12.1 Å². The van der Waals surface area contributed by atoms with Crippen LogP contribution in [0.4, 0.5) is 17.1 Å². The molecule has 0 radical (unpaired) electrons. The lowest BCUT2D eigenvalue weighted by Gasteiger charge is -2.30. The van der Waals surface area contributed by atoms with Crippen LogP contribution in [-0.2, 0) is 14.8 Å². The monoisotopic (exact) mass is 439 g/mol. The van der Waals surface area contributed by atoms with Gasteiger partial charge in [-0.1, -0.05) is 24.6 Å². The van der Waals surface area contributed by atoms with Gasteiger partial charge in [0, 0.05) is 12.1 Å². The van der Waals surface area contributed by atoms with Crippen molar-refractivity contribution in [2.24, 2.45) is 0 Å². The molecule has 0 aromatic heterocycles. The number of halogens is 1. The predicted octanol–water partition coefficient (Wildman–Crippen LogP) is 4.05. The molecule has 1 N–H and O–H groups in total. The van der Waals surface area contributed by atoms with E-state index < -0.39 is 26.9 Å². The number of carbonyl (C=O) groups is 1. The molecule has 156 valence electrons. The lowest BCUT2D eigenvalue weighted by atomic mass is 10.1. The first-order chi connectivity index (χ1) is 13.5. The highest BCUT2D eigenvalue weighted by molar-refractivity contribution is 7.92. The molecule has 0 aliphatic carbocycles. The molecule has 29 heavy (non-hydrogen) atoms. The van der Waals surface area contributed by atoms with Crippen LogP contribution in [0.3, 0.4) is 0 Å². The van der Waals surface area contributed by atoms with Crippen LogP contribution in [0.1, 0.15) is 24.5 Å². The first-order valence-corrected chi connectivity index (χ1v) is 11.0. The number of carbonyl (C=O) groups excluding carboxylic acids is 1. The lowest BCUT2D eigenvalue weighted by Crippen LogP contribution is -2.47. The number of nitrogens with one attached hydrogen (secondary N) is 1. The van der Waals surface area contributed by atoms with E-state index in [9.17, 15) is 23.3 Å². The SMILES string of the molecule is CC[C@@H](C(=O)Nc1cc([N+](=O)[O-])ccc1Cl)N(c1ccc(C)c(C)c1)S(C)(=O)=O. The number of hydrogen-bond donors (Lipinski definition) is 1. The molecule has 0 heterocycles. The van der Waals surface area contributed by atoms with Crippen molar-refractivity contribution < 1.29 is 18.1 Å². The molecule has 2 rings (SSSR count). The van der Waals surface area contributed by atoms with Crippen LogP contribution in [0.5, 0.6) is 0 Å². The zero-order valence-electron chi connectivity index (χ0n) is 16.5. The van der Waals surface area contributed by atoms with Gasteiger partial charge >= 0.3 is 0 Å². The Morgan fingerprint density at radius 1 is 1.21 bits per heavy atom. The third-order valence-corrected chi connectivity index (χ3v) is 6.00. The fourth-order valence-electron chi connectivity index (χ4n) is 2.86. The number of nitro groups is 1. The number of anilines is 2. The van der Waals surface area contributed by atoms with Crippen LogP contribution < -0.4 is 9.62 Å². The second-order valence-electron chi connectivity index (χ2n) is 6.66. The van der Waals surface area contributed by atoms with Crippen LogP contribution in [-0.4, -0.2) is 31.5 Å². The zero-order valence-corrected chi connectivity index (χ0v) is 18.0. The molecule has 0 unspecified atom stereocenters. The van der Waals surface area contributed by atoms with Crippen molar-refractivity contribution in [2.45, 2.75) is 33.2 Å².